The van der Waals surface area contributed by atoms with E-state index in [0.29, 0.717) is 6.54 Å². The number of aliphatic imine (C=N–C) groups is 1. The molecule has 2 amide bonds. The fourth-order valence-corrected chi connectivity index (χ4v) is 4.06. The van der Waals surface area contributed by atoms with E-state index in [2.05, 4.69) is 45.8 Å². The molecule has 0 saturated carbocycles. The number of amides is 2. The van der Waals surface area contributed by atoms with Crippen molar-refractivity contribution in [2.45, 2.75) is 19.1 Å². The van der Waals surface area contributed by atoms with E-state index < -0.39 is 10.0 Å². The number of rotatable bonds is 8. The second kappa shape index (κ2) is 8.79. The summed E-state index contributed by atoms with van der Waals surface area (Å²) in [6, 6.07) is 7.87. The maximum Gasteiger partial charge on any atom is 0.327 e. The van der Waals surface area contributed by atoms with Gasteiger partial charge in [0.2, 0.25) is 0 Å². The first-order valence-electron chi connectivity index (χ1n) is 9.57. The zero-order valence-corrected chi connectivity index (χ0v) is 18.1. The molecule has 2 aliphatic heterocycles. The molecular formula is C20H31N7OS. The van der Waals surface area contributed by atoms with Crippen LogP contribution in [-0.4, -0.2) is 50.0 Å². The van der Waals surface area contributed by atoms with Crippen LogP contribution >= 0.6 is 10.0 Å². The van der Waals surface area contributed by atoms with Crippen molar-refractivity contribution < 1.29 is 4.79 Å². The van der Waals surface area contributed by atoms with Gasteiger partial charge >= 0.3 is 6.03 Å². The fraction of sp³-hybridized carbons (Fsp3) is 0.400. The lowest BCUT2D eigenvalue weighted by Gasteiger charge is -2.31. The largest absolute Gasteiger partial charge is 0.370 e. The van der Waals surface area contributed by atoms with Gasteiger partial charge in [-0.2, -0.15) is 0 Å². The number of guanidine groups is 1. The summed E-state index contributed by atoms with van der Waals surface area (Å²) in [7, 11) is -0.872. The van der Waals surface area contributed by atoms with Gasteiger partial charge in [0.1, 0.15) is 6.17 Å². The molecule has 9 heteroatoms. The number of hydrogen-bond acceptors (Lipinski definition) is 4. The van der Waals surface area contributed by atoms with Crippen LogP contribution in [0.25, 0.3) is 0 Å². The summed E-state index contributed by atoms with van der Waals surface area (Å²) >= 11 is 0. The maximum absolute atomic E-state index is 12.6. The van der Waals surface area contributed by atoms with E-state index in [1.165, 1.54) is 5.03 Å². The van der Waals surface area contributed by atoms with Crippen LogP contribution in [0.5, 0.6) is 0 Å². The van der Waals surface area contributed by atoms with Crippen molar-refractivity contribution in [2.24, 2.45) is 16.5 Å². The van der Waals surface area contributed by atoms with Crippen molar-refractivity contribution in [2.75, 3.05) is 36.8 Å². The zero-order valence-electron chi connectivity index (χ0n) is 17.2. The number of benzene rings is 1. The third-order valence-electron chi connectivity index (χ3n) is 4.69. The number of carbonyl (C=O) groups is 1. The summed E-state index contributed by atoms with van der Waals surface area (Å²) < 4.78 is 0. The average Bonchev–Trinajstić information content (AvgIpc) is 3.07. The zero-order chi connectivity index (χ0) is 21.0. The van der Waals surface area contributed by atoms with E-state index in [0.717, 1.165) is 36.3 Å². The van der Waals surface area contributed by atoms with E-state index in [1.54, 1.807) is 4.90 Å². The van der Waals surface area contributed by atoms with E-state index in [9.17, 15) is 4.79 Å². The number of hydrogen-bond donors (Lipinski definition) is 5. The number of nitrogens with one attached hydrogen (secondary N) is 3. The highest BCUT2D eigenvalue weighted by atomic mass is 32.3. The predicted octanol–water partition coefficient (Wildman–Crippen LogP) is 1.32. The maximum atomic E-state index is 12.6. The molecule has 1 aromatic carbocycles. The fourth-order valence-electron chi connectivity index (χ4n) is 3.10. The number of urea groups is 1. The summed E-state index contributed by atoms with van der Waals surface area (Å²) in [5.74, 6) is 0.128. The standard InChI is InChI=1S/C20H31N7OS/c1-29(2,3)17-11-15-13-27(20(28)26-18(15)25-17)16-7-5-14(6-8-16)12-23-9-4-10-24-19(21)22/h5-8,11,13,18,23,25H,4,9-10,12H2,1-3H3,(H,26,28)(H4,21,22,24). The van der Waals surface area contributed by atoms with Crippen molar-refractivity contribution in [3.8, 4) is 0 Å². The first-order chi connectivity index (χ1) is 13.7. The summed E-state index contributed by atoms with van der Waals surface area (Å²) in [6.07, 6.45) is 11.5. The molecule has 0 saturated heterocycles. The Labute approximate surface area is 173 Å². The van der Waals surface area contributed by atoms with E-state index in [-0.39, 0.29) is 18.2 Å². The highest BCUT2D eigenvalue weighted by molar-refractivity contribution is 8.35. The monoisotopic (exact) mass is 417 g/mol. The minimum absolute atomic E-state index is 0.128. The van der Waals surface area contributed by atoms with Crippen molar-refractivity contribution >= 4 is 27.7 Å². The number of anilines is 1. The van der Waals surface area contributed by atoms with Crippen LogP contribution in [0.4, 0.5) is 10.5 Å². The Morgan fingerprint density at radius 2 is 1.93 bits per heavy atom. The van der Waals surface area contributed by atoms with Crippen LogP contribution in [0.15, 0.2) is 52.1 Å². The number of fused-ring (bicyclic) bond motifs is 1. The molecule has 0 spiro atoms. The van der Waals surface area contributed by atoms with Crippen LogP contribution < -0.4 is 32.3 Å². The van der Waals surface area contributed by atoms with Gasteiger partial charge in [0.25, 0.3) is 0 Å². The van der Waals surface area contributed by atoms with Gasteiger partial charge < -0.3 is 27.4 Å². The Morgan fingerprint density at radius 3 is 2.59 bits per heavy atom. The molecule has 1 unspecified atom stereocenters. The number of carbonyl (C=O) groups excluding carboxylic acids is 1. The lowest BCUT2D eigenvalue weighted by atomic mass is 10.1. The normalized spacial score (nSPS) is 18.9. The highest BCUT2D eigenvalue weighted by Gasteiger charge is 2.32. The van der Waals surface area contributed by atoms with Crippen LogP contribution in [0, 0.1) is 0 Å². The topological polar surface area (TPSA) is 121 Å². The average molecular weight is 418 g/mol. The van der Waals surface area contributed by atoms with Gasteiger partial charge in [-0.1, -0.05) is 12.1 Å². The predicted molar refractivity (Wildman–Crippen MR) is 123 cm³/mol. The Balaban J connectivity index is 1.59. The molecule has 0 aromatic heterocycles. The van der Waals surface area contributed by atoms with Crippen molar-refractivity contribution in [3.63, 3.8) is 0 Å². The van der Waals surface area contributed by atoms with E-state index >= 15 is 0 Å². The lowest BCUT2D eigenvalue weighted by molar-refractivity contribution is 0.244. The van der Waals surface area contributed by atoms with Crippen LogP contribution in [0.3, 0.4) is 0 Å². The van der Waals surface area contributed by atoms with E-state index in [4.69, 9.17) is 11.5 Å². The lowest BCUT2D eigenvalue weighted by Crippen LogP contribution is -2.51. The van der Waals surface area contributed by atoms with Crippen molar-refractivity contribution in [3.05, 3.63) is 52.7 Å². The van der Waals surface area contributed by atoms with Gasteiger partial charge in [-0.05, 0) is 55.5 Å². The molecule has 7 N–H and O–H groups in total. The Kier molecular flexibility index (Phi) is 6.39. The quantitative estimate of drug-likeness (QED) is 0.248. The van der Waals surface area contributed by atoms with Crippen LogP contribution in [-0.2, 0) is 6.54 Å². The molecule has 1 aromatic rings. The van der Waals surface area contributed by atoms with Crippen molar-refractivity contribution in [1.82, 2.24) is 16.0 Å². The van der Waals surface area contributed by atoms with Crippen LogP contribution in [0.1, 0.15) is 12.0 Å². The number of nitrogens with two attached hydrogens (primary N) is 2. The third-order valence-corrected chi connectivity index (χ3v) is 6.25. The SMILES string of the molecule is CS(C)(C)C1=CC2=CN(c3ccc(CNCCCN=C(N)N)cc3)C(=O)NC2N1. The molecule has 2 heterocycles. The highest BCUT2D eigenvalue weighted by Crippen LogP contribution is 2.46. The molecule has 2 aliphatic rings. The smallest absolute Gasteiger partial charge is 0.327 e. The first-order valence-corrected chi connectivity index (χ1v) is 12.4. The Morgan fingerprint density at radius 1 is 1.21 bits per heavy atom. The van der Waals surface area contributed by atoms with Gasteiger partial charge in [-0.25, -0.2) is 14.8 Å². The third kappa shape index (κ3) is 5.45. The molecule has 0 radical (unpaired) electrons. The first kappa shape index (κ1) is 21.1. The van der Waals surface area contributed by atoms with Gasteiger partial charge in [0.05, 0.1) is 10.7 Å². The summed E-state index contributed by atoms with van der Waals surface area (Å²) in [4.78, 5) is 18.2. The van der Waals surface area contributed by atoms with Gasteiger partial charge in [0, 0.05) is 24.9 Å². The molecule has 0 bridgehead atoms. The summed E-state index contributed by atoms with van der Waals surface area (Å²) in [5.41, 5.74) is 13.7. The molecule has 0 fully saturated rings. The molecule has 1 atom stereocenters. The second-order valence-electron chi connectivity index (χ2n) is 7.88. The van der Waals surface area contributed by atoms with Gasteiger partial charge in [0.15, 0.2) is 5.96 Å². The molecule has 3 rings (SSSR count). The second-order valence-corrected chi connectivity index (χ2v) is 12.0. The summed E-state index contributed by atoms with van der Waals surface area (Å²) in [6.45, 7) is 2.20. The Hall–Kier alpha value is -2.65. The number of nitrogens with zero attached hydrogens (tertiary/aromatic N) is 2. The van der Waals surface area contributed by atoms with E-state index in [1.807, 2.05) is 30.5 Å². The van der Waals surface area contributed by atoms with Gasteiger partial charge in [-0.15, -0.1) is 0 Å². The van der Waals surface area contributed by atoms with Crippen LogP contribution in [0.2, 0.25) is 0 Å². The molecule has 0 aliphatic carbocycles. The Bertz CT molecular complexity index is 835. The molecular weight excluding hydrogens is 386 g/mol. The van der Waals surface area contributed by atoms with Crippen molar-refractivity contribution in [1.29, 1.82) is 0 Å². The molecule has 29 heavy (non-hydrogen) atoms. The summed E-state index contributed by atoms with van der Waals surface area (Å²) in [5, 5.41) is 11.0. The van der Waals surface area contributed by atoms with Gasteiger partial charge in [-0.3, -0.25) is 9.89 Å². The molecule has 158 valence electrons. The minimum Gasteiger partial charge on any atom is -0.370 e. The molecule has 8 nitrogen and oxygen atoms in total. The minimum atomic E-state index is -0.872.